The highest BCUT2D eigenvalue weighted by atomic mass is 16.5. The van der Waals surface area contributed by atoms with Crippen molar-refractivity contribution in [3.05, 3.63) is 101 Å². The molecule has 1 heterocycles. The van der Waals surface area contributed by atoms with E-state index in [1.54, 1.807) is 18.2 Å². The summed E-state index contributed by atoms with van der Waals surface area (Å²) in [6.45, 7) is 0. The lowest BCUT2D eigenvalue weighted by Gasteiger charge is -2.51. The second-order valence-corrected chi connectivity index (χ2v) is 8.66. The van der Waals surface area contributed by atoms with Crippen LogP contribution in [0.25, 0.3) is 0 Å². The molecular weight excluding hydrogens is 418 g/mol. The molecule has 6 nitrogen and oxygen atoms in total. The van der Waals surface area contributed by atoms with Crippen LogP contribution < -0.4 is 4.90 Å². The predicted octanol–water partition coefficient (Wildman–Crippen LogP) is 3.22. The SMILES string of the molecule is COC(=O)c1ccccc1N1C(=O)[C@H]2C3c4ccccc4C(C=O)(c4ccccc43)[C@H]2C1=O. The lowest BCUT2D eigenvalue weighted by molar-refractivity contribution is -0.128. The van der Waals surface area contributed by atoms with Gasteiger partial charge in [-0.15, -0.1) is 0 Å². The summed E-state index contributed by atoms with van der Waals surface area (Å²) in [7, 11) is 1.25. The van der Waals surface area contributed by atoms with E-state index in [0.717, 1.165) is 33.4 Å². The van der Waals surface area contributed by atoms with E-state index in [9.17, 15) is 19.2 Å². The maximum Gasteiger partial charge on any atom is 0.339 e. The molecule has 2 amide bonds. The fourth-order valence-electron chi connectivity index (χ4n) is 6.22. The minimum absolute atomic E-state index is 0.128. The van der Waals surface area contributed by atoms with Gasteiger partial charge in [-0.3, -0.25) is 9.59 Å². The molecule has 0 unspecified atom stereocenters. The first-order chi connectivity index (χ1) is 16.1. The first-order valence-electron chi connectivity index (χ1n) is 10.8. The molecule has 0 spiro atoms. The highest BCUT2D eigenvalue weighted by Crippen LogP contribution is 2.63. The molecule has 1 aliphatic heterocycles. The number of carbonyl (C=O) groups excluding carboxylic acids is 4. The van der Waals surface area contributed by atoms with Crippen molar-refractivity contribution in [1.82, 2.24) is 0 Å². The summed E-state index contributed by atoms with van der Waals surface area (Å²) in [6.07, 6.45) is 0.832. The fourth-order valence-corrected chi connectivity index (χ4v) is 6.22. The van der Waals surface area contributed by atoms with Crippen LogP contribution in [0.2, 0.25) is 0 Å². The number of hydrogen-bond donors (Lipinski definition) is 0. The highest BCUT2D eigenvalue weighted by Gasteiger charge is 2.68. The number of para-hydroxylation sites is 1. The number of rotatable bonds is 3. The summed E-state index contributed by atoms with van der Waals surface area (Å²) in [5.41, 5.74) is 2.38. The average Bonchev–Trinajstić information content (AvgIpc) is 3.14. The Morgan fingerprint density at radius 1 is 0.879 bits per heavy atom. The van der Waals surface area contributed by atoms with Gasteiger partial charge in [-0.25, -0.2) is 9.69 Å². The first-order valence-corrected chi connectivity index (χ1v) is 10.8. The number of ether oxygens (including phenoxy) is 1. The molecule has 4 aliphatic rings. The van der Waals surface area contributed by atoms with Crippen molar-refractivity contribution < 1.29 is 23.9 Å². The van der Waals surface area contributed by atoms with Crippen molar-refractivity contribution in [3.63, 3.8) is 0 Å². The zero-order chi connectivity index (χ0) is 22.9. The van der Waals surface area contributed by atoms with Crippen LogP contribution in [0.15, 0.2) is 72.8 Å². The maximum atomic E-state index is 14.0. The van der Waals surface area contributed by atoms with E-state index in [0.29, 0.717) is 0 Å². The molecule has 33 heavy (non-hydrogen) atoms. The quantitative estimate of drug-likeness (QED) is 0.357. The number of aldehydes is 1. The lowest BCUT2D eigenvalue weighted by atomic mass is 9.48. The molecule has 2 atom stereocenters. The molecule has 1 fully saturated rings. The van der Waals surface area contributed by atoms with E-state index in [1.807, 2.05) is 48.5 Å². The number of carbonyl (C=O) groups is 4. The number of nitrogens with zero attached hydrogens (tertiary/aromatic N) is 1. The van der Waals surface area contributed by atoms with Crippen molar-refractivity contribution >= 4 is 29.8 Å². The third kappa shape index (κ3) is 2.22. The Hall–Kier alpha value is -4.06. The monoisotopic (exact) mass is 437 g/mol. The van der Waals surface area contributed by atoms with Crippen LogP contribution in [0, 0.1) is 11.8 Å². The number of esters is 1. The van der Waals surface area contributed by atoms with Gasteiger partial charge in [0.25, 0.3) is 0 Å². The van der Waals surface area contributed by atoms with Crippen LogP contribution >= 0.6 is 0 Å². The van der Waals surface area contributed by atoms with E-state index in [-0.39, 0.29) is 17.2 Å². The standard InChI is InChI=1S/C27H19NO5/c1-33-26(32)17-10-4-7-13-20(17)28-24(30)22-21-15-8-2-5-11-18(15)27(14-29,23(22)25(28)31)19-12-6-3-9-16(19)21/h2-14,21-23H,1H3/t21?,22-,23+,27?/m0/s1. The summed E-state index contributed by atoms with van der Waals surface area (Å²) in [4.78, 5) is 54.4. The Bertz CT molecular complexity index is 1330. The molecule has 0 aromatic heterocycles. The summed E-state index contributed by atoms with van der Waals surface area (Å²) in [6, 6.07) is 21.5. The second kappa shape index (κ2) is 6.72. The van der Waals surface area contributed by atoms with Crippen molar-refractivity contribution in [1.29, 1.82) is 0 Å². The minimum Gasteiger partial charge on any atom is -0.465 e. The van der Waals surface area contributed by atoms with Gasteiger partial charge in [0.1, 0.15) is 6.29 Å². The van der Waals surface area contributed by atoms with Gasteiger partial charge in [-0.2, -0.15) is 0 Å². The molecule has 162 valence electrons. The van der Waals surface area contributed by atoms with Gasteiger partial charge in [0.15, 0.2) is 0 Å². The second-order valence-electron chi connectivity index (χ2n) is 8.66. The molecule has 6 heteroatoms. The lowest BCUT2D eigenvalue weighted by Crippen LogP contribution is -2.54. The Kier molecular flexibility index (Phi) is 3.99. The van der Waals surface area contributed by atoms with Gasteiger partial charge < -0.3 is 9.53 Å². The first kappa shape index (κ1) is 19.6. The number of benzene rings is 3. The van der Waals surface area contributed by atoms with Gasteiger partial charge in [-0.05, 0) is 34.4 Å². The van der Waals surface area contributed by atoms with Crippen molar-refractivity contribution in [3.8, 4) is 0 Å². The van der Waals surface area contributed by atoms with Crippen LogP contribution in [0.1, 0.15) is 38.5 Å². The Balaban J connectivity index is 1.62. The molecule has 3 aromatic rings. The largest absolute Gasteiger partial charge is 0.465 e. The maximum absolute atomic E-state index is 14.0. The van der Waals surface area contributed by atoms with Crippen LogP contribution in [0.4, 0.5) is 5.69 Å². The zero-order valence-electron chi connectivity index (χ0n) is 17.7. The highest BCUT2D eigenvalue weighted by molar-refractivity contribution is 6.26. The van der Waals surface area contributed by atoms with Gasteiger partial charge in [0.2, 0.25) is 11.8 Å². The number of methoxy groups -OCH3 is 1. The van der Waals surface area contributed by atoms with Crippen LogP contribution in [0.3, 0.4) is 0 Å². The minimum atomic E-state index is -1.27. The smallest absolute Gasteiger partial charge is 0.339 e. The summed E-state index contributed by atoms with van der Waals surface area (Å²) in [5.74, 6) is -3.48. The van der Waals surface area contributed by atoms with Crippen molar-refractivity contribution in [2.45, 2.75) is 11.3 Å². The van der Waals surface area contributed by atoms with Gasteiger partial charge in [0.05, 0.1) is 35.6 Å². The number of hydrogen-bond acceptors (Lipinski definition) is 5. The topological polar surface area (TPSA) is 80.8 Å². The summed E-state index contributed by atoms with van der Waals surface area (Å²) in [5, 5.41) is 0. The Labute approximate surface area is 189 Å². The number of anilines is 1. The molecule has 0 radical (unpaired) electrons. The Morgan fingerprint density at radius 3 is 2.06 bits per heavy atom. The summed E-state index contributed by atoms with van der Waals surface area (Å²) < 4.78 is 4.88. The third-order valence-corrected chi connectivity index (χ3v) is 7.42. The predicted molar refractivity (Wildman–Crippen MR) is 119 cm³/mol. The molecular formula is C27H19NO5. The molecule has 0 N–H and O–H groups in total. The van der Waals surface area contributed by atoms with E-state index in [1.165, 1.54) is 13.2 Å². The van der Waals surface area contributed by atoms with Crippen LogP contribution in [-0.4, -0.2) is 31.2 Å². The van der Waals surface area contributed by atoms with Crippen molar-refractivity contribution in [2.24, 2.45) is 11.8 Å². The molecule has 2 bridgehead atoms. The molecule has 1 saturated heterocycles. The van der Waals surface area contributed by atoms with E-state index >= 15 is 0 Å². The van der Waals surface area contributed by atoms with Crippen LogP contribution in [0.5, 0.6) is 0 Å². The van der Waals surface area contributed by atoms with Crippen molar-refractivity contribution in [2.75, 3.05) is 12.0 Å². The third-order valence-electron chi connectivity index (χ3n) is 7.42. The van der Waals surface area contributed by atoms with Gasteiger partial charge in [-0.1, -0.05) is 60.7 Å². The van der Waals surface area contributed by atoms with E-state index < -0.39 is 35.0 Å². The average molecular weight is 437 g/mol. The number of imide groups is 1. The molecule has 3 aliphatic carbocycles. The normalized spacial score (nSPS) is 26.5. The van der Waals surface area contributed by atoms with Gasteiger partial charge in [0, 0.05) is 5.92 Å². The van der Waals surface area contributed by atoms with Crippen LogP contribution in [-0.2, 0) is 24.5 Å². The number of amides is 2. The van der Waals surface area contributed by atoms with E-state index in [2.05, 4.69) is 0 Å². The molecule has 0 saturated carbocycles. The van der Waals surface area contributed by atoms with Gasteiger partial charge >= 0.3 is 5.97 Å². The summed E-state index contributed by atoms with van der Waals surface area (Å²) >= 11 is 0. The molecule has 3 aromatic carbocycles. The molecule has 7 rings (SSSR count). The fraction of sp³-hybridized carbons (Fsp3) is 0.185. The Morgan fingerprint density at radius 2 is 1.45 bits per heavy atom. The van der Waals surface area contributed by atoms with E-state index in [4.69, 9.17) is 4.74 Å². The zero-order valence-corrected chi connectivity index (χ0v) is 17.7.